The molecular weight excluding hydrogens is 462 g/mol. The molecule has 0 heterocycles. The van der Waals surface area contributed by atoms with Gasteiger partial charge < -0.3 is 19.5 Å². The maximum absolute atomic E-state index is 13.2. The molecule has 0 bridgehead atoms. The van der Waals surface area contributed by atoms with E-state index in [0.29, 0.717) is 40.1 Å². The van der Waals surface area contributed by atoms with E-state index in [4.69, 9.17) is 25.8 Å². The molecule has 0 unspecified atom stereocenters. The van der Waals surface area contributed by atoms with E-state index in [0.717, 1.165) is 16.9 Å². The number of carbonyl (C=O) groups excluding carboxylic acids is 1. The van der Waals surface area contributed by atoms with Gasteiger partial charge in [-0.2, -0.15) is 0 Å². The molecule has 0 aliphatic carbocycles. The number of carbonyl (C=O) groups is 1. The van der Waals surface area contributed by atoms with Crippen LogP contribution in [-0.2, 0) is 6.61 Å². The van der Waals surface area contributed by atoms with Crippen LogP contribution in [0.4, 0.5) is 5.69 Å². The third kappa shape index (κ3) is 6.34. The second kappa shape index (κ2) is 11.4. The van der Waals surface area contributed by atoms with Crippen molar-refractivity contribution in [1.82, 2.24) is 0 Å². The molecule has 4 aromatic carbocycles. The fraction of sp³-hybridized carbons (Fsp3) is 0.138. The minimum atomic E-state index is -0.301. The van der Waals surface area contributed by atoms with Gasteiger partial charge >= 0.3 is 0 Å². The predicted octanol–water partition coefficient (Wildman–Crippen LogP) is 7.67. The van der Waals surface area contributed by atoms with Crippen molar-refractivity contribution in [1.29, 1.82) is 0 Å². The second-order valence-electron chi connectivity index (χ2n) is 7.82. The van der Waals surface area contributed by atoms with E-state index < -0.39 is 0 Å². The van der Waals surface area contributed by atoms with E-state index in [9.17, 15) is 4.79 Å². The number of rotatable bonds is 9. The van der Waals surface area contributed by atoms with Crippen LogP contribution in [0.2, 0.25) is 5.02 Å². The smallest absolute Gasteiger partial charge is 0.255 e. The summed E-state index contributed by atoms with van der Waals surface area (Å²) in [6.07, 6.45) is 0. The first-order valence-electron chi connectivity index (χ1n) is 11.3. The van der Waals surface area contributed by atoms with Crippen molar-refractivity contribution in [3.63, 3.8) is 0 Å². The maximum atomic E-state index is 13.2. The average Bonchev–Trinajstić information content (AvgIpc) is 2.86. The van der Waals surface area contributed by atoms with E-state index in [2.05, 4.69) is 5.32 Å². The summed E-state index contributed by atoms with van der Waals surface area (Å²) in [5.74, 6) is 2.30. The van der Waals surface area contributed by atoms with Crippen molar-refractivity contribution in [2.75, 3.05) is 11.9 Å². The fourth-order valence-corrected chi connectivity index (χ4v) is 3.67. The zero-order chi connectivity index (χ0) is 24.6. The highest BCUT2D eigenvalue weighted by molar-refractivity contribution is 6.31. The first-order chi connectivity index (χ1) is 17.0. The Balaban J connectivity index is 1.56. The van der Waals surface area contributed by atoms with Gasteiger partial charge in [-0.15, -0.1) is 0 Å². The lowest BCUT2D eigenvalue weighted by atomic mass is 10.1. The number of benzene rings is 4. The summed E-state index contributed by atoms with van der Waals surface area (Å²) in [4.78, 5) is 13.2. The molecule has 0 radical (unpaired) electrons. The standard InChI is InChI=1S/C29H26ClNO4/c1-3-33-27-15-13-21(17-22(27)19-34-26-12-8-7-9-20(26)2)29(32)31-25-18-23(30)14-16-28(25)35-24-10-5-4-6-11-24/h4-18H,3,19H2,1-2H3,(H,31,32). The zero-order valence-corrected chi connectivity index (χ0v) is 20.3. The average molecular weight is 488 g/mol. The molecule has 35 heavy (non-hydrogen) atoms. The van der Waals surface area contributed by atoms with Crippen LogP contribution in [0.15, 0.2) is 91.0 Å². The lowest BCUT2D eigenvalue weighted by Gasteiger charge is -2.15. The highest BCUT2D eigenvalue weighted by Gasteiger charge is 2.15. The van der Waals surface area contributed by atoms with Crippen molar-refractivity contribution in [3.8, 4) is 23.0 Å². The molecule has 1 amide bonds. The Hall–Kier alpha value is -3.96. The maximum Gasteiger partial charge on any atom is 0.255 e. The van der Waals surface area contributed by atoms with E-state index in [1.807, 2.05) is 68.4 Å². The van der Waals surface area contributed by atoms with Crippen molar-refractivity contribution >= 4 is 23.2 Å². The Bertz CT molecular complexity index is 1310. The molecule has 0 fully saturated rings. The first-order valence-corrected chi connectivity index (χ1v) is 11.7. The Labute approximate surface area is 210 Å². The minimum absolute atomic E-state index is 0.265. The van der Waals surface area contributed by atoms with Crippen molar-refractivity contribution in [2.45, 2.75) is 20.5 Å². The summed E-state index contributed by atoms with van der Waals surface area (Å²) in [7, 11) is 0. The number of nitrogens with one attached hydrogen (secondary N) is 1. The molecule has 6 heteroatoms. The second-order valence-corrected chi connectivity index (χ2v) is 8.26. The molecule has 5 nitrogen and oxygen atoms in total. The van der Waals surface area contributed by atoms with Gasteiger partial charge in [0.1, 0.15) is 23.9 Å². The fourth-order valence-electron chi connectivity index (χ4n) is 3.50. The number of anilines is 1. The van der Waals surface area contributed by atoms with Gasteiger partial charge in [-0.3, -0.25) is 4.79 Å². The van der Waals surface area contributed by atoms with Crippen molar-refractivity contribution in [3.05, 3.63) is 113 Å². The van der Waals surface area contributed by atoms with Gasteiger partial charge in [0.2, 0.25) is 0 Å². The Morgan fingerprint density at radius 3 is 2.34 bits per heavy atom. The van der Waals surface area contributed by atoms with E-state index in [-0.39, 0.29) is 12.5 Å². The molecule has 0 aliphatic heterocycles. The number of hydrogen-bond acceptors (Lipinski definition) is 4. The first kappa shape index (κ1) is 24.2. The number of amides is 1. The topological polar surface area (TPSA) is 56.8 Å². The molecule has 0 saturated heterocycles. The van der Waals surface area contributed by atoms with Gasteiger partial charge in [-0.25, -0.2) is 0 Å². The van der Waals surface area contributed by atoms with Crippen molar-refractivity contribution in [2.24, 2.45) is 0 Å². The van der Waals surface area contributed by atoms with Gasteiger partial charge in [0.15, 0.2) is 5.75 Å². The molecule has 178 valence electrons. The van der Waals surface area contributed by atoms with E-state index in [1.54, 1.807) is 36.4 Å². The number of aryl methyl sites for hydroxylation is 1. The number of halogens is 1. The van der Waals surface area contributed by atoms with Gasteiger partial charge in [0.05, 0.1) is 12.3 Å². The molecule has 0 atom stereocenters. The summed E-state index contributed by atoms with van der Waals surface area (Å²) in [6, 6.07) is 27.5. The van der Waals surface area contributed by atoms with Crippen LogP contribution in [0.25, 0.3) is 0 Å². The minimum Gasteiger partial charge on any atom is -0.493 e. The van der Waals surface area contributed by atoms with Crippen LogP contribution in [0.5, 0.6) is 23.0 Å². The molecule has 0 aliphatic rings. The third-order valence-corrected chi connectivity index (χ3v) is 5.50. The van der Waals surface area contributed by atoms with Gasteiger partial charge in [0, 0.05) is 16.1 Å². The summed E-state index contributed by atoms with van der Waals surface area (Å²) in [6.45, 7) is 4.68. The Morgan fingerprint density at radius 1 is 0.829 bits per heavy atom. The predicted molar refractivity (Wildman–Crippen MR) is 139 cm³/mol. The molecular formula is C29H26ClNO4. The molecule has 0 aromatic heterocycles. The summed E-state index contributed by atoms with van der Waals surface area (Å²) >= 11 is 6.20. The Morgan fingerprint density at radius 2 is 1.57 bits per heavy atom. The quantitative estimate of drug-likeness (QED) is 0.263. The monoisotopic (exact) mass is 487 g/mol. The van der Waals surface area contributed by atoms with Gasteiger partial charge in [-0.05, 0) is 74.0 Å². The van der Waals surface area contributed by atoms with Crippen molar-refractivity contribution < 1.29 is 19.0 Å². The van der Waals surface area contributed by atoms with Gasteiger partial charge in [0.25, 0.3) is 5.91 Å². The summed E-state index contributed by atoms with van der Waals surface area (Å²) in [5, 5.41) is 3.41. The molecule has 4 rings (SSSR count). The molecule has 0 saturated carbocycles. The van der Waals surface area contributed by atoms with Crippen LogP contribution >= 0.6 is 11.6 Å². The van der Waals surface area contributed by atoms with E-state index in [1.165, 1.54) is 0 Å². The molecule has 1 N–H and O–H groups in total. The normalized spacial score (nSPS) is 10.5. The molecule has 4 aromatic rings. The summed E-state index contributed by atoms with van der Waals surface area (Å²) in [5.41, 5.74) is 2.74. The lowest BCUT2D eigenvalue weighted by Crippen LogP contribution is -2.14. The number of hydrogen-bond donors (Lipinski definition) is 1. The lowest BCUT2D eigenvalue weighted by molar-refractivity contribution is 0.102. The number of para-hydroxylation sites is 2. The van der Waals surface area contributed by atoms with Crippen LogP contribution in [0.1, 0.15) is 28.4 Å². The third-order valence-electron chi connectivity index (χ3n) is 5.26. The van der Waals surface area contributed by atoms with E-state index >= 15 is 0 Å². The van der Waals surface area contributed by atoms with Crippen LogP contribution in [0.3, 0.4) is 0 Å². The zero-order valence-electron chi connectivity index (χ0n) is 19.6. The van der Waals surface area contributed by atoms with Gasteiger partial charge in [-0.1, -0.05) is 48.0 Å². The number of ether oxygens (including phenoxy) is 3. The van der Waals surface area contributed by atoms with Crippen LogP contribution < -0.4 is 19.5 Å². The van der Waals surface area contributed by atoms with Crippen LogP contribution in [-0.4, -0.2) is 12.5 Å². The van der Waals surface area contributed by atoms with Crippen LogP contribution in [0, 0.1) is 6.92 Å². The largest absolute Gasteiger partial charge is 0.493 e. The molecule has 0 spiro atoms. The highest BCUT2D eigenvalue weighted by Crippen LogP contribution is 2.33. The summed E-state index contributed by atoms with van der Waals surface area (Å²) < 4.78 is 17.7. The highest BCUT2D eigenvalue weighted by atomic mass is 35.5. The Kier molecular flexibility index (Phi) is 7.91. The SMILES string of the molecule is CCOc1ccc(C(=O)Nc2cc(Cl)ccc2Oc2ccccc2)cc1COc1ccccc1C.